The highest BCUT2D eigenvalue weighted by Gasteiger charge is 2.19. The van der Waals surface area contributed by atoms with Gasteiger partial charge in [0.05, 0.1) is 12.6 Å². The highest BCUT2D eigenvalue weighted by molar-refractivity contribution is 5.82. The topological polar surface area (TPSA) is 102 Å². The minimum atomic E-state index is -1.13. The molecule has 0 aromatic carbocycles. The van der Waals surface area contributed by atoms with Crippen LogP contribution in [0.3, 0.4) is 0 Å². The molecule has 0 aliphatic rings. The molecule has 4 N–H and O–H groups in total. The van der Waals surface area contributed by atoms with Gasteiger partial charge in [0.2, 0.25) is 5.91 Å². The Labute approximate surface area is 88.1 Å². The van der Waals surface area contributed by atoms with Crippen LogP contribution in [0.15, 0.2) is 12.7 Å². The third kappa shape index (κ3) is 5.14. The fourth-order valence-corrected chi connectivity index (χ4v) is 0.882. The van der Waals surface area contributed by atoms with Crippen molar-refractivity contribution in [3.8, 4) is 0 Å². The van der Waals surface area contributed by atoms with E-state index in [0.717, 1.165) is 0 Å². The van der Waals surface area contributed by atoms with Crippen LogP contribution in [0.5, 0.6) is 0 Å². The number of hydrogen-bond donors (Lipinski definition) is 3. The third-order valence-corrected chi connectivity index (χ3v) is 1.78. The van der Waals surface area contributed by atoms with E-state index >= 15 is 0 Å². The molecule has 6 heteroatoms. The van der Waals surface area contributed by atoms with E-state index in [1.54, 1.807) is 0 Å². The van der Waals surface area contributed by atoms with Gasteiger partial charge in [0.1, 0.15) is 0 Å². The molecule has 2 unspecified atom stereocenters. The molecule has 0 rings (SSSR count). The van der Waals surface area contributed by atoms with E-state index < -0.39 is 24.0 Å². The quantitative estimate of drug-likeness (QED) is 0.479. The first-order valence-corrected chi connectivity index (χ1v) is 4.42. The standard InChI is InChI=1S/C9H16N2O4/c1-3-4-6(10)8(12)11-5-7(15-2)9(13)14/h3,6-7H,1,4-5,10H2,2H3,(H,11,12)(H,13,14). The number of methoxy groups -OCH3 is 1. The lowest BCUT2D eigenvalue weighted by molar-refractivity contribution is -0.148. The lowest BCUT2D eigenvalue weighted by atomic mass is 10.2. The van der Waals surface area contributed by atoms with Gasteiger partial charge in [-0.25, -0.2) is 4.79 Å². The second kappa shape index (κ2) is 6.97. The van der Waals surface area contributed by atoms with Gasteiger partial charge < -0.3 is 20.9 Å². The van der Waals surface area contributed by atoms with E-state index in [2.05, 4.69) is 16.6 Å². The van der Waals surface area contributed by atoms with E-state index in [9.17, 15) is 9.59 Å². The zero-order valence-corrected chi connectivity index (χ0v) is 8.60. The van der Waals surface area contributed by atoms with Crippen LogP contribution in [0.4, 0.5) is 0 Å². The smallest absolute Gasteiger partial charge is 0.334 e. The summed E-state index contributed by atoms with van der Waals surface area (Å²) in [4.78, 5) is 21.8. The second-order valence-corrected chi connectivity index (χ2v) is 2.94. The fourth-order valence-electron chi connectivity index (χ4n) is 0.882. The van der Waals surface area contributed by atoms with Crippen molar-refractivity contribution in [1.82, 2.24) is 5.32 Å². The Hall–Kier alpha value is -1.40. The number of nitrogens with one attached hydrogen (secondary N) is 1. The first-order valence-electron chi connectivity index (χ1n) is 4.42. The summed E-state index contributed by atoms with van der Waals surface area (Å²) in [7, 11) is 1.26. The average Bonchev–Trinajstić information content (AvgIpc) is 2.18. The molecular formula is C9H16N2O4. The molecule has 0 aliphatic carbocycles. The molecule has 0 saturated carbocycles. The minimum Gasteiger partial charge on any atom is -0.479 e. The van der Waals surface area contributed by atoms with Gasteiger partial charge in [0.15, 0.2) is 6.10 Å². The summed E-state index contributed by atoms with van der Waals surface area (Å²) < 4.78 is 4.63. The maximum absolute atomic E-state index is 11.2. The van der Waals surface area contributed by atoms with Gasteiger partial charge in [-0.1, -0.05) is 6.08 Å². The van der Waals surface area contributed by atoms with Crippen LogP contribution in [-0.4, -0.2) is 42.8 Å². The number of amides is 1. The first-order chi connectivity index (χ1) is 7.02. The molecule has 86 valence electrons. The van der Waals surface area contributed by atoms with Gasteiger partial charge >= 0.3 is 5.97 Å². The number of aliphatic carboxylic acids is 1. The number of carboxylic acid groups (broad SMARTS) is 1. The van der Waals surface area contributed by atoms with E-state index in [0.29, 0.717) is 6.42 Å². The summed E-state index contributed by atoms with van der Waals surface area (Å²) in [5.41, 5.74) is 5.46. The van der Waals surface area contributed by atoms with E-state index in [1.165, 1.54) is 13.2 Å². The molecule has 15 heavy (non-hydrogen) atoms. The van der Waals surface area contributed by atoms with Crippen molar-refractivity contribution in [1.29, 1.82) is 0 Å². The maximum atomic E-state index is 11.2. The predicted octanol–water partition coefficient (Wildman–Crippen LogP) is -0.894. The Morgan fingerprint density at radius 2 is 2.27 bits per heavy atom. The Balaban J connectivity index is 3.97. The zero-order chi connectivity index (χ0) is 11.8. The Morgan fingerprint density at radius 3 is 2.67 bits per heavy atom. The number of carboxylic acids is 1. The molecule has 0 aliphatic heterocycles. The first kappa shape index (κ1) is 13.6. The largest absolute Gasteiger partial charge is 0.479 e. The van der Waals surface area contributed by atoms with Crippen LogP contribution < -0.4 is 11.1 Å². The van der Waals surface area contributed by atoms with Gasteiger partial charge in [-0.3, -0.25) is 4.79 Å². The van der Waals surface area contributed by atoms with Crippen molar-refractivity contribution < 1.29 is 19.4 Å². The predicted molar refractivity (Wildman–Crippen MR) is 54.2 cm³/mol. The molecular weight excluding hydrogens is 200 g/mol. The molecule has 6 nitrogen and oxygen atoms in total. The summed E-state index contributed by atoms with van der Waals surface area (Å²) in [5, 5.41) is 11.0. The Morgan fingerprint density at radius 1 is 1.67 bits per heavy atom. The lowest BCUT2D eigenvalue weighted by Gasteiger charge is -2.14. The van der Waals surface area contributed by atoms with Crippen LogP contribution in [0.25, 0.3) is 0 Å². The summed E-state index contributed by atoms with van der Waals surface area (Å²) >= 11 is 0. The molecule has 0 spiro atoms. The van der Waals surface area contributed by atoms with Gasteiger partial charge in [0, 0.05) is 7.11 Å². The summed E-state index contributed by atoms with van der Waals surface area (Å²) in [6.07, 6.45) is 0.816. The molecule has 0 radical (unpaired) electrons. The SMILES string of the molecule is C=CCC(N)C(=O)NCC(OC)C(=O)O. The molecule has 2 atom stereocenters. The van der Waals surface area contributed by atoms with Crippen molar-refractivity contribution in [3.05, 3.63) is 12.7 Å². The Bertz CT molecular complexity index is 242. The normalized spacial score (nSPS) is 14.0. The van der Waals surface area contributed by atoms with Crippen molar-refractivity contribution in [2.45, 2.75) is 18.6 Å². The number of carbonyl (C=O) groups excluding carboxylic acids is 1. The molecule has 0 heterocycles. The van der Waals surface area contributed by atoms with Gasteiger partial charge in [-0.2, -0.15) is 0 Å². The third-order valence-electron chi connectivity index (χ3n) is 1.78. The van der Waals surface area contributed by atoms with Crippen molar-refractivity contribution in [3.63, 3.8) is 0 Å². The van der Waals surface area contributed by atoms with Crippen LogP contribution in [0.2, 0.25) is 0 Å². The van der Waals surface area contributed by atoms with Crippen molar-refractivity contribution >= 4 is 11.9 Å². The van der Waals surface area contributed by atoms with Crippen LogP contribution >= 0.6 is 0 Å². The molecule has 0 aromatic rings. The second-order valence-electron chi connectivity index (χ2n) is 2.94. The molecule has 0 fully saturated rings. The molecule has 0 saturated heterocycles. The number of hydrogen-bond acceptors (Lipinski definition) is 4. The number of carbonyl (C=O) groups is 2. The van der Waals surface area contributed by atoms with Gasteiger partial charge in [-0.05, 0) is 6.42 Å². The maximum Gasteiger partial charge on any atom is 0.334 e. The van der Waals surface area contributed by atoms with Crippen molar-refractivity contribution in [2.75, 3.05) is 13.7 Å². The monoisotopic (exact) mass is 216 g/mol. The summed E-state index contributed by atoms with van der Waals surface area (Å²) in [5.74, 6) is -1.55. The number of ether oxygens (including phenoxy) is 1. The minimum absolute atomic E-state index is 0.102. The number of rotatable bonds is 7. The highest BCUT2D eigenvalue weighted by Crippen LogP contribution is 1.91. The van der Waals surface area contributed by atoms with Crippen molar-refractivity contribution in [2.24, 2.45) is 5.73 Å². The Kier molecular flexibility index (Phi) is 6.32. The average molecular weight is 216 g/mol. The fraction of sp³-hybridized carbons (Fsp3) is 0.556. The van der Waals surface area contributed by atoms with Gasteiger partial charge in [0.25, 0.3) is 0 Å². The van der Waals surface area contributed by atoms with Crippen LogP contribution in [0.1, 0.15) is 6.42 Å². The summed E-state index contributed by atoms with van der Waals surface area (Å²) in [6.45, 7) is 3.34. The molecule has 0 aromatic heterocycles. The lowest BCUT2D eigenvalue weighted by Crippen LogP contribution is -2.45. The molecule has 1 amide bonds. The summed E-state index contributed by atoms with van der Waals surface area (Å²) in [6, 6.07) is -0.700. The van der Waals surface area contributed by atoms with Crippen LogP contribution in [0, 0.1) is 0 Å². The van der Waals surface area contributed by atoms with E-state index in [1.807, 2.05) is 0 Å². The zero-order valence-electron chi connectivity index (χ0n) is 8.60. The van der Waals surface area contributed by atoms with E-state index in [-0.39, 0.29) is 6.54 Å². The molecule has 0 bridgehead atoms. The highest BCUT2D eigenvalue weighted by atomic mass is 16.5. The number of nitrogens with two attached hydrogens (primary N) is 1. The van der Waals surface area contributed by atoms with Crippen LogP contribution in [-0.2, 0) is 14.3 Å². The van der Waals surface area contributed by atoms with E-state index in [4.69, 9.17) is 10.8 Å². The van der Waals surface area contributed by atoms with Gasteiger partial charge in [-0.15, -0.1) is 6.58 Å².